The molecule has 0 saturated carbocycles. The quantitative estimate of drug-likeness (QED) is 0.443. The molecule has 3 rings (SSSR count). The van der Waals surface area contributed by atoms with E-state index >= 15 is 0 Å². The van der Waals surface area contributed by atoms with E-state index in [2.05, 4.69) is 16.0 Å². The normalized spacial score (nSPS) is 15.7. The Labute approximate surface area is 197 Å². The van der Waals surface area contributed by atoms with E-state index in [9.17, 15) is 27.6 Å². The van der Waals surface area contributed by atoms with Crippen LogP contribution in [0.3, 0.4) is 0 Å². The zero-order valence-electron chi connectivity index (χ0n) is 18.7. The number of nitrogens with one attached hydrogen (secondary N) is 3. The minimum absolute atomic E-state index is 0.0589. The number of alkyl halides is 3. The van der Waals surface area contributed by atoms with Crippen LogP contribution in [0.4, 0.5) is 23.7 Å². The second-order valence-electron chi connectivity index (χ2n) is 7.42. The number of anilines is 1. The molecule has 0 bridgehead atoms. The van der Waals surface area contributed by atoms with Crippen LogP contribution in [0.1, 0.15) is 31.0 Å². The number of rotatable bonds is 8. The summed E-state index contributed by atoms with van der Waals surface area (Å²) in [5.74, 6) is -1.58. The molecule has 0 radical (unpaired) electrons. The molecular weight excluding hydrogens is 471 g/mol. The van der Waals surface area contributed by atoms with Crippen LogP contribution in [-0.4, -0.2) is 36.2 Å². The number of allylic oxidation sites excluding steroid dienone is 1. The van der Waals surface area contributed by atoms with Crippen molar-refractivity contribution < 1.29 is 42.1 Å². The second-order valence-corrected chi connectivity index (χ2v) is 7.42. The number of carbonyl (C=O) groups excluding carboxylic acids is 2. The molecule has 0 fully saturated rings. The molecule has 1 aliphatic heterocycles. The van der Waals surface area contributed by atoms with Gasteiger partial charge in [0.15, 0.2) is 18.1 Å². The summed E-state index contributed by atoms with van der Waals surface area (Å²) in [6.07, 6.45) is -4.58. The van der Waals surface area contributed by atoms with Gasteiger partial charge in [-0.05, 0) is 49.7 Å². The summed E-state index contributed by atoms with van der Waals surface area (Å²) < 4.78 is 49.9. The van der Waals surface area contributed by atoms with Gasteiger partial charge in [0.1, 0.15) is 0 Å². The number of carboxylic acids is 1. The van der Waals surface area contributed by atoms with E-state index in [4.69, 9.17) is 14.6 Å². The molecule has 0 spiro atoms. The van der Waals surface area contributed by atoms with Crippen molar-refractivity contribution in [2.45, 2.75) is 26.1 Å². The zero-order chi connectivity index (χ0) is 25.8. The summed E-state index contributed by atoms with van der Waals surface area (Å²) in [5.41, 5.74) is -0.338. The summed E-state index contributed by atoms with van der Waals surface area (Å²) in [7, 11) is 0. The van der Waals surface area contributed by atoms with Crippen molar-refractivity contribution >= 4 is 23.6 Å². The van der Waals surface area contributed by atoms with Gasteiger partial charge in [0.05, 0.1) is 23.8 Å². The molecule has 0 aromatic heterocycles. The molecule has 2 aromatic rings. The molecule has 4 N–H and O–H groups in total. The average Bonchev–Trinajstić information content (AvgIpc) is 2.77. The van der Waals surface area contributed by atoms with Crippen molar-refractivity contribution in [2.75, 3.05) is 18.5 Å². The Morgan fingerprint density at radius 3 is 2.51 bits per heavy atom. The third kappa shape index (κ3) is 6.22. The van der Waals surface area contributed by atoms with E-state index in [1.54, 1.807) is 6.92 Å². The number of carbonyl (C=O) groups is 3. The molecule has 1 heterocycles. The summed E-state index contributed by atoms with van der Waals surface area (Å²) in [6.45, 7) is 2.81. The lowest BCUT2D eigenvalue weighted by Crippen LogP contribution is -2.46. The van der Waals surface area contributed by atoms with Crippen LogP contribution >= 0.6 is 0 Å². The van der Waals surface area contributed by atoms with Gasteiger partial charge in [-0.1, -0.05) is 12.1 Å². The van der Waals surface area contributed by atoms with Crippen molar-refractivity contribution in [2.24, 2.45) is 0 Å². The highest BCUT2D eigenvalue weighted by molar-refractivity contribution is 6.06. The largest absolute Gasteiger partial charge is 0.490 e. The molecular formula is C23H22F3N3O6. The molecule has 0 aliphatic carbocycles. The minimum Gasteiger partial charge on any atom is -0.490 e. The van der Waals surface area contributed by atoms with Crippen LogP contribution in [0, 0.1) is 0 Å². The van der Waals surface area contributed by atoms with Crippen LogP contribution in [0.25, 0.3) is 0 Å². The molecule has 35 heavy (non-hydrogen) atoms. The fourth-order valence-corrected chi connectivity index (χ4v) is 3.45. The lowest BCUT2D eigenvalue weighted by Gasteiger charge is -2.29. The summed E-state index contributed by atoms with van der Waals surface area (Å²) >= 11 is 0. The number of carboxylic acid groups (broad SMARTS) is 1. The summed E-state index contributed by atoms with van der Waals surface area (Å²) in [6, 6.07) is 7.04. The first-order valence-electron chi connectivity index (χ1n) is 10.4. The lowest BCUT2D eigenvalue weighted by molar-refractivity contribution is -0.139. The van der Waals surface area contributed by atoms with Crippen molar-refractivity contribution in [1.29, 1.82) is 0 Å². The van der Waals surface area contributed by atoms with E-state index in [-0.39, 0.29) is 35.1 Å². The highest BCUT2D eigenvalue weighted by Gasteiger charge is 2.33. The van der Waals surface area contributed by atoms with Gasteiger partial charge in [-0.3, -0.25) is 4.79 Å². The van der Waals surface area contributed by atoms with Gasteiger partial charge < -0.3 is 30.5 Å². The Hall–Kier alpha value is -4.22. The lowest BCUT2D eigenvalue weighted by atomic mass is 9.94. The number of halogens is 3. The van der Waals surface area contributed by atoms with E-state index in [0.717, 1.165) is 12.1 Å². The molecule has 1 aliphatic rings. The number of urea groups is 1. The smallest absolute Gasteiger partial charge is 0.416 e. The Morgan fingerprint density at radius 2 is 1.86 bits per heavy atom. The second kappa shape index (κ2) is 10.4. The van der Waals surface area contributed by atoms with Gasteiger partial charge in [-0.2, -0.15) is 13.2 Å². The first-order chi connectivity index (χ1) is 16.5. The minimum atomic E-state index is -4.58. The molecule has 1 unspecified atom stereocenters. The SMILES string of the molecule is CCOc1cc(C2NC(=O)NC(C)=C2C(=O)Nc2cccc(C(F)(F)F)c2)ccc1OCC(=O)O. The number of aliphatic carboxylic acids is 1. The van der Waals surface area contributed by atoms with Crippen LogP contribution in [0.2, 0.25) is 0 Å². The number of ether oxygens (including phenoxy) is 2. The first-order valence-corrected chi connectivity index (χ1v) is 10.4. The number of benzene rings is 2. The number of hydrogen-bond acceptors (Lipinski definition) is 5. The predicted octanol–water partition coefficient (Wildman–Crippen LogP) is 3.83. The zero-order valence-corrected chi connectivity index (χ0v) is 18.7. The van der Waals surface area contributed by atoms with Crippen LogP contribution in [0.15, 0.2) is 53.7 Å². The van der Waals surface area contributed by atoms with Gasteiger partial charge in [-0.25, -0.2) is 9.59 Å². The molecule has 9 nitrogen and oxygen atoms in total. The van der Waals surface area contributed by atoms with Crippen LogP contribution in [-0.2, 0) is 15.8 Å². The molecule has 3 amide bonds. The predicted molar refractivity (Wildman–Crippen MR) is 118 cm³/mol. The van der Waals surface area contributed by atoms with Crippen molar-refractivity contribution in [1.82, 2.24) is 10.6 Å². The maximum Gasteiger partial charge on any atom is 0.416 e. The third-order valence-corrected chi connectivity index (χ3v) is 4.91. The van der Waals surface area contributed by atoms with E-state index in [1.165, 1.54) is 37.3 Å². The number of amides is 3. The fourth-order valence-electron chi connectivity index (χ4n) is 3.45. The Morgan fingerprint density at radius 1 is 1.11 bits per heavy atom. The maximum atomic E-state index is 13.1. The van der Waals surface area contributed by atoms with Crippen LogP contribution in [0.5, 0.6) is 11.5 Å². The van der Waals surface area contributed by atoms with E-state index in [1.807, 2.05) is 0 Å². The summed E-state index contributed by atoms with van der Waals surface area (Å²) in [4.78, 5) is 36.1. The topological polar surface area (TPSA) is 126 Å². The number of hydrogen-bond donors (Lipinski definition) is 4. The van der Waals surface area contributed by atoms with Crippen LogP contribution < -0.4 is 25.4 Å². The maximum absolute atomic E-state index is 13.1. The fraction of sp³-hybridized carbons (Fsp3) is 0.261. The molecule has 1 atom stereocenters. The highest BCUT2D eigenvalue weighted by Crippen LogP contribution is 2.35. The van der Waals surface area contributed by atoms with Gasteiger partial charge >= 0.3 is 18.2 Å². The van der Waals surface area contributed by atoms with Crippen molar-refractivity contribution in [3.63, 3.8) is 0 Å². The standard InChI is InChI=1S/C23H22F3N3O6/c1-3-34-17-9-13(7-8-16(17)35-11-18(30)31)20-19(12(2)27-22(33)29-20)21(32)28-15-6-4-5-14(10-15)23(24,25)26/h4-10,20H,3,11H2,1-2H3,(H,28,32)(H,30,31)(H2,27,29,33). The third-order valence-electron chi connectivity index (χ3n) is 4.91. The Kier molecular flexibility index (Phi) is 7.52. The molecule has 186 valence electrons. The van der Waals surface area contributed by atoms with E-state index < -0.39 is 42.3 Å². The Bertz CT molecular complexity index is 1180. The first kappa shape index (κ1) is 25.4. The van der Waals surface area contributed by atoms with Crippen molar-refractivity contribution in [3.8, 4) is 11.5 Å². The van der Waals surface area contributed by atoms with Gasteiger partial charge in [-0.15, -0.1) is 0 Å². The van der Waals surface area contributed by atoms with Gasteiger partial charge in [0.25, 0.3) is 5.91 Å². The van der Waals surface area contributed by atoms with E-state index in [0.29, 0.717) is 5.56 Å². The molecule has 2 aromatic carbocycles. The highest BCUT2D eigenvalue weighted by atomic mass is 19.4. The molecule has 12 heteroatoms. The summed E-state index contributed by atoms with van der Waals surface area (Å²) in [5, 5.41) is 16.4. The Balaban J connectivity index is 1.95. The van der Waals surface area contributed by atoms with Gasteiger partial charge in [0, 0.05) is 11.4 Å². The molecule has 0 saturated heterocycles. The van der Waals surface area contributed by atoms with Crippen molar-refractivity contribution in [3.05, 3.63) is 64.9 Å². The average molecular weight is 493 g/mol. The monoisotopic (exact) mass is 493 g/mol. The van der Waals surface area contributed by atoms with Gasteiger partial charge in [0.2, 0.25) is 0 Å².